The summed E-state index contributed by atoms with van der Waals surface area (Å²) < 4.78 is 0. The standard InChI is InChI=1S/C21H20N2O2/c1-15-5-11-20(12-6-15)22-14-16-3-2-4-19(13-16)17-7-9-18(10-8-17)21(24)23-25/h2-13,22,25H,14H2,1H3,(H,23,24). The predicted molar refractivity (Wildman–Crippen MR) is 99.6 cm³/mol. The van der Waals surface area contributed by atoms with Gasteiger partial charge in [-0.1, -0.05) is 48.0 Å². The molecule has 0 heterocycles. The zero-order valence-electron chi connectivity index (χ0n) is 14.0. The Balaban J connectivity index is 1.72. The third-order valence-electron chi connectivity index (χ3n) is 4.06. The van der Waals surface area contributed by atoms with Crippen molar-refractivity contribution >= 4 is 11.6 Å². The van der Waals surface area contributed by atoms with Crippen LogP contribution in [0.15, 0.2) is 72.8 Å². The number of aryl methyl sites for hydroxylation is 1. The van der Waals surface area contributed by atoms with Gasteiger partial charge in [0.1, 0.15) is 0 Å². The van der Waals surface area contributed by atoms with Crippen LogP contribution in [-0.4, -0.2) is 11.1 Å². The molecule has 0 fully saturated rings. The third kappa shape index (κ3) is 4.25. The van der Waals surface area contributed by atoms with Gasteiger partial charge in [0.25, 0.3) is 5.91 Å². The van der Waals surface area contributed by atoms with E-state index in [0.29, 0.717) is 5.56 Å². The van der Waals surface area contributed by atoms with Gasteiger partial charge >= 0.3 is 0 Å². The molecule has 0 bridgehead atoms. The molecule has 0 aliphatic carbocycles. The van der Waals surface area contributed by atoms with E-state index in [1.165, 1.54) is 11.1 Å². The number of nitrogens with one attached hydrogen (secondary N) is 2. The van der Waals surface area contributed by atoms with Gasteiger partial charge in [0.2, 0.25) is 0 Å². The maximum absolute atomic E-state index is 11.4. The van der Waals surface area contributed by atoms with Crippen molar-refractivity contribution in [3.8, 4) is 11.1 Å². The minimum atomic E-state index is -0.511. The molecule has 0 radical (unpaired) electrons. The fourth-order valence-electron chi connectivity index (χ4n) is 2.61. The molecular formula is C21H20N2O2. The molecule has 0 saturated heterocycles. The van der Waals surface area contributed by atoms with Crippen LogP contribution < -0.4 is 10.8 Å². The van der Waals surface area contributed by atoms with Gasteiger partial charge in [-0.2, -0.15) is 0 Å². The Labute approximate surface area is 147 Å². The summed E-state index contributed by atoms with van der Waals surface area (Å²) >= 11 is 0. The van der Waals surface area contributed by atoms with Gasteiger partial charge in [-0.05, 0) is 53.9 Å². The summed E-state index contributed by atoms with van der Waals surface area (Å²) in [7, 11) is 0. The minimum absolute atomic E-state index is 0.420. The van der Waals surface area contributed by atoms with E-state index in [9.17, 15) is 4.79 Å². The summed E-state index contributed by atoms with van der Waals surface area (Å²) in [5.41, 5.74) is 7.67. The maximum atomic E-state index is 11.4. The molecule has 0 spiro atoms. The van der Waals surface area contributed by atoms with Crippen LogP contribution in [0.2, 0.25) is 0 Å². The molecule has 0 unspecified atom stereocenters. The normalized spacial score (nSPS) is 10.3. The van der Waals surface area contributed by atoms with Crippen LogP contribution in [0.4, 0.5) is 5.69 Å². The summed E-state index contributed by atoms with van der Waals surface area (Å²) in [6, 6.07) is 23.7. The van der Waals surface area contributed by atoms with Crippen LogP contribution in [0.3, 0.4) is 0 Å². The second-order valence-corrected chi connectivity index (χ2v) is 5.94. The monoisotopic (exact) mass is 332 g/mol. The van der Waals surface area contributed by atoms with E-state index in [1.807, 2.05) is 24.3 Å². The number of amides is 1. The van der Waals surface area contributed by atoms with Crippen LogP contribution in [0, 0.1) is 6.92 Å². The minimum Gasteiger partial charge on any atom is -0.381 e. The van der Waals surface area contributed by atoms with Crippen LogP contribution >= 0.6 is 0 Å². The predicted octanol–water partition coefficient (Wildman–Crippen LogP) is 4.39. The van der Waals surface area contributed by atoms with E-state index < -0.39 is 5.91 Å². The third-order valence-corrected chi connectivity index (χ3v) is 4.06. The second kappa shape index (κ2) is 7.64. The van der Waals surface area contributed by atoms with Crippen LogP contribution in [0.5, 0.6) is 0 Å². The quantitative estimate of drug-likeness (QED) is 0.479. The van der Waals surface area contributed by atoms with Crippen molar-refractivity contribution < 1.29 is 10.0 Å². The molecule has 0 saturated carbocycles. The fourth-order valence-corrected chi connectivity index (χ4v) is 2.61. The Morgan fingerprint density at radius 2 is 1.64 bits per heavy atom. The first-order valence-corrected chi connectivity index (χ1v) is 8.10. The number of carbonyl (C=O) groups is 1. The molecule has 0 atom stereocenters. The average Bonchev–Trinajstić information content (AvgIpc) is 2.67. The van der Waals surface area contributed by atoms with Gasteiger partial charge in [0, 0.05) is 17.8 Å². The number of anilines is 1. The van der Waals surface area contributed by atoms with E-state index >= 15 is 0 Å². The SMILES string of the molecule is Cc1ccc(NCc2cccc(-c3ccc(C(=O)NO)cc3)c2)cc1. The first-order chi connectivity index (χ1) is 12.2. The highest BCUT2D eigenvalue weighted by Crippen LogP contribution is 2.22. The number of benzene rings is 3. The van der Waals surface area contributed by atoms with E-state index in [1.54, 1.807) is 17.6 Å². The second-order valence-electron chi connectivity index (χ2n) is 5.94. The van der Waals surface area contributed by atoms with Crippen molar-refractivity contribution in [1.29, 1.82) is 0 Å². The van der Waals surface area contributed by atoms with Crippen molar-refractivity contribution in [2.24, 2.45) is 0 Å². The van der Waals surface area contributed by atoms with E-state index in [2.05, 4.69) is 48.6 Å². The van der Waals surface area contributed by atoms with E-state index in [0.717, 1.165) is 23.4 Å². The van der Waals surface area contributed by atoms with Gasteiger partial charge in [-0.3, -0.25) is 10.0 Å². The highest BCUT2D eigenvalue weighted by molar-refractivity contribution is 5.93. The number of hydrogen-bond acceptors (Lipinski definition) is 3. The van der Waals surface area contributed by atoms with Crippen molar-refractivity contribution in [3.05, 3.63) is 89.5 Å². The summed E-state index contributed by atoms with van der Waals surface area (Å²) in [5, 5.41) is 12.1. The van der Waals surface area contributed by atoms with Crippen LogP contribution in [0.25, 0.3) is 11.1 Å². The first kappa shape index (κ1) is 16.7. The zero-order chi connectivity index (χ0) is 17.6. The molecule has 3 aromatic rings. The van der Waals surface area contributed by atoms with Gasteiger partial charge in [0.05, 0.1) is 0 Å². The smallest absolute Gasteiger partial charge is 0.274 e. The number of hydroxylamine groups is 1. The molecular weight excluding hydrogens is 312 g/mol. The van der Waals surface area contributed by atoms with Gasteiger partial charge in [-0.15, -0.1) is 0 Å². The van der Waals surface area contributed by atoms with Crippen molar-refractivity contribution in [1.82, 2.24) is 5.48 Å². The average molecular weight is 332 g/mol. The van der Waals surface area contributed by atoms with Gasteiger partial charge in [0.15, 0.2) is 0 Å². The van der Waals surface area contributed by atoms with E-state index in [4.69, 9.17) is 5.21 Å². The Hall–Kier alpha value is -3.11. The molecule has 4 heteroatoms. The van der Waals surface area contributed by atoms with Crippen LogP contribution in [0.1, 0.15) is 21.5 Å². The summed E-state index contributed by atoms with van der Waals surface area (Å²) in [5.74, 6) is -0.511. The highest BCUT2D eigenvalue weighted by atomic mass is 16.5. The molecule has 1 amide bonds. The lowest BCUT2D eigenvalue weighted by atomic mass is 10.0. The molecule has 3 N–H and O–H groups in total. The molecule has 3 rings (SSSR count). The Kier molecular flexibility index (Phi) is 5.11. The lowest BCUT2D eigenvalue weighted by Gasteiger charge is -2.09. The van der Waals surface area contributed by atoms with E-state index in [-0.39, 0.29) is 0 Å². The number of hydrogen-bond donors (Lipinski definition) is 3. The maximum Gasteiger partial charge on any atom is 0.274 e. The van der Waals surface area contributed by atoms with Crippen molar-refractivity contribution in [2.45, 2.75) is 13.5 Å². The highest BCUT2D eigenvalue weighted by Gasteiger charge is 2.05. The molecule has 0 aromatic heterocycles. The largest absolute Gasteiger partial charge is 0.381 e. The fraction of sp³-hybridized carbons (Fsp3) is 0.0952. The topological polar surface area (TPSA) is 61.4 Å². The molecule has 3 aromatic carbocycles. The number of rotatable bonds is 5. The molecule has 25 heavy (non-hydrogen) atoms. The van der Waals surface area contributed by atoms with Crippen LogP contribution in [-0.2, 0) is 6.54 Å². The van der Waals surface area contributed by atoms with Crippen molar-refractivity contribution in [3.63, 3.8) is 0 Å². The Morgan fingerprint density at radius 1 is 0.920 bits per heavy atom. The summed E-state index contributed by atoms with van der Waals surface area (Å²) in [6.07, 6.45) is 0. The molecule has 4 nitrogen and oxygen atoms in total. The first-order valence-electron chi connectivity index (χ1n) is 8.10. The summed E-state index contributed by atoms with van der Waals surface area (Å²) in [6.45, 7) is 2.81. The van der Waals surface area contributed by atoms with Crippen molar-refractivity contribution in [2.75, 3.05) is 5.32 Å². The Morgan fingerprint density at radius 3 is 2.32 bits per heavy atom. The van der Waals surface area contributed by atoms with Gasteiger partial charge < -0.3 is 5.32 Å². The van der Waals surface area contributed by atoms with Gasteiger partial charge in [-0.25, -0.2) is 5.48 Å². The molecule has 0 aliphatic heterocycles. The zero-order valence-corrected chi connectivity index (χ0v) is 14.0. The molecule has 126 valence electrons. The number of carbonyl (C=O) groups excluding carboxylic acids is 1. The Bertz CT molecular complexity index is 856. The lowest BCUT2D eigenvalue weighted by Crippen LogP contribution is -2.18. The lowest BCUT2D eigenvalue weighted by molar-refractivity contribution is 0.0706. The summed E-state index contributed by atoms with van der Waals surface area (Å²) in [4.78, 5) is 11.4. The molecule has 0 aliphatic rings.